The lowest BCUT2D eigenvalue weighted by Crippen LogP contribution is -2.40. The molecule has 1 atom stereocenters. The Morgan fingerprint density at radius 2 is 1.72 bits per heavy atom. The lowest BCUT2D eigenvalue weighted by atomic mass is 10.0. The maximum absolute atomic E-state index is 13.0. The topological polar surface area (TPSA) is 135 Å². The van der Waals surface area contributed by atoms with Crippen molar-refractivity contribution in [1.29, 1.82) is 0 Å². The summed E-state index contributed by atoms with van der Waals surface area (Å²) in [5.74, 6) is -0.276. The quantitative estimate of drug-likeness (QED) is 0.293. The average Bonchev–Trinajstić information content (AvgIpc) is 2.92. The highest BCUT2D eigenvalue weighted by Gasteiger charge is 2.25. The van der Waals surface area contributed by atoms with E-state index in [4.69, 9.17) is 9.47 Å². The maximum Gasteiger partial charge on any atom is 0.410 e. The number of nitrogens with one attached hydrogen (secondary N) is 1. The summed E-state index contributed by atoms with van der Waals surface area (Å²) in [5.41, 5.74) is 2.67. The van der Waals surface area contributed by atoms with Gasteiger partial charge in [0.2, 0.25) is 10.0 Å². The monoisotopic (exact) mass is 611 g/mol. The summed E-state index contributed by atoms with van der Waals surface area (Å²) in [6, 6.07) is 16.2. The summed E-state index contributed by atoms with van der Waals surface area (Å²) in [7, 11) is -3.74. The van der Waals surface area contributed by atoms with Gasteiger partial charge in [-0.15, -0.1) is 0 Å². The third-order valence-corrected chi connectivity index (χ3v) is 6.70. The molecule has 232 valence electrons. The van der Waals surface area contributed by atoms with E-state index in [-0.39, 0.29) is 23.8 Å². The van der Waals surface area contributed by atoms with Crippen molar-refractivity contribution in [3.63, 3.8) is 0 Å². The Kier molecular flexibility index (Phi) is 11.3. The van der Waals surface area contributed by atoms with Crippen LogP contribution in [0.4, 0.5) is 4.79 Å². The van der Waals surface area contributed by atoms with Crippen LogP contribution in [0.2, 0.25) is 0 Å². The summed E-state index contributed by atoms with van der Waals surface area (Å²) in [6.07, 6.45) is 3.20. The summed E-state index contributed by atoms with van der Waals surface area (Å²) < 4.78 is 36.7. The number of hydrogen-bond acceptors (Lipinski definition) is 8. The number of nitrogens with zero attached hydrogens (tertiary/aromatic N) is 2. The predicted molar refractivity (Wildman–Crippen MR) is 165 cm³/mol. The number of benzene rings is 2. The van der Waals surface area contributed by atoms with Crippen molar-refractivity contribution >= 4 is 22.0 Å². The number of pyridine rings is 1. The Morgan fingerprint density at radius 3 is 2.30 bits per heavy atom. The fraction of sp³-hybridized carbons (Fsp3) is 0.406. The molecule has 0 fully saturated rings. The van der Waals surface area contributed by atoms with E-state index in [1.165, 1.54) is 4.90 Å². The van der Waals surface area contributed by atoms with E-state index >= 15 is 0 Å². The first-order valence-electron chi connectivity index (χ1n) is 14.1. The minimum absolute atomic E-state index is 0.0527. The Labute approximate surface area is 254 Å². The molecule has 0 saturated heterocycles. The summed E-state index contributed by atoms with van der Waals surface area (Å²) in [5, 5.41) is 10.7. The molecule has 3 aromatic rings. The SMILES string of the molecule is CC(C)COc1cc(-c2ccc(CCN(C[C@H](O)c3cccnc3)C(=O)OC(C)(C)C)cc2)ccc1C(=O)NS(C)(=O)=O. The first-order chi connectivity index (χ1) is 20.1. The molecule has 0 bridgehead atoms. The van der Waals surface area contributed by atoms with Gasteiger partial charge in [0.1, 0.15) is 11.4 Å². The first-order valence-corrected chi connectivity index (χ1v) is 15.9. The van der Waals surface area contributed by atoms with Gasteiger partial charge in [0.25, 0.3) is 5.91 Å². The second kappa shape index (κ2) is 14.5. The van der Waals surface area contributed by atoms with Gasteiger partial charge in [-0.3, -0.25) is 9.78 Å². The van der Waals surface area contributed by atoms with Crippen molar-refractivity contribution < 1.29 is 32.6 Å². The number of aliphatic hydroxyl groups excluding tert-OH is 1. The summed E-state index contributed by atoms with van der Waals surface area (Å²) in [6.45, 7) is 10.1. The number of rotatable bonds is 12. The van der Waals surface area contributed by atoms with Crippen LogP contribution in [0.5, 0.6) is 5.75 Å². The largest absolute Gasteiger partial charge is 0.492 e. The number of hydrogen-bond donors (Lipinski definition) is 2. The van der Waals surface area contributed by atoms with Gasteiger partial charge in [0.05, 0.1) is 31.1 Å². The van der Waals surface area contributed by atoms with Crippen LogP contribution in [0.25, 0.3) is 11.1 Å². The molecule has 2 N–H and O–H groups in total. The molecule has 2 amide bonds. The fourth-order valence-electron chi connectivity index (χ4n) is 4.09. The zero-order valence-corrected chi connectivity index (χ0v) is 26.3. The molecule has 0 spiro atoms. The van der Waals surface area contributed by atoms with Crippen LogP contribution in [0.1, 0.15) is 62.2 Å². The van der Waals surface area contributed by atoms with E-state index < -0.39 is 33.7 Å². The smallest absolute Gasteiger partial charge is 0.410 e. The second-order valence-electron chi connectivity index (χ2n) is 11.8. The Hall–Kier alpha value is -3.96. The Morgan fingerprint density at radius 1 is 1.05 bits per heavy atom. The summed E-state index contributed by atoms with van der Waals surface area (Å²) >= 11 is 0. The molecule has 10 nitrogen and oxygen atoms in total. The fourth-order valence-corrected chi connectivity index (χ4v) is 4.53. The number of sulfonamides is 1. The highest BCUT2D eigenvalue weighted by molar-refractivity contribution is 7.89. The molecule has 0 aliphatic rings. The Bertz CT molecular complexity index is 1490. The lowest BCUT2D eigenvalue weighted by Gasteiger charge is -2.29. The van der Waals surface area contributed by atoms with E-state index in [0.717, 1.165) is 22.9 Å². The van der Waals surface area contributed by atoms with Gasteiger partial charge < -0.3 is 19.5 Å². The minimum atomic E-state index is -3.74. The third-order valence-electron chi connectivity index (χ3n) is 6.15. The van der Waals surface area contributed by atoms with E-state index in [1.54, 1.807) is 63.5 Å². The van der Waals surface area contributed by atoms with Gasteiger partial charge in [-0.05, 0) is 68.0 Å². The zero-order valence-electron chi connectivity index (χ0n) is 25.5. The number of amides is 2. The van der Waals surface area contributed by atoms with E-state index in [2.05, 4.69) is 4.98 Å². The first kappa shape index (κ1) is 33.5. The number of aliphatic hydroxyl groups is 1. The zero-order chi connectivity index (χ0) is 31.8. The summed E-state index contributed by atoms with van der Waals surface area (Å²) in [4.78, 5) is 31.1. The molecule has 3 rings (SSSR count). The van der Waals surface area contributed by atoms with Crippen molar-refractivity contribution in [2.75, 3.05) is 26.0 Å². The predicted octanol–water partition coefficient (Wildman–Crippen LogP) is 4.99. The minimum Gasteiger partial charge on any atom is -0.492 e. The maximum atomic E-state index is 13.0. The molecule has 0 aliphatic heterocycles. The van der Waals surface area contributed by atoms with Crippen LogP contribution in [0, 0.1) is 5.92 Å². The molecular formula is C32H41N3O7S. The van der Waals surface area contributed by atoms with Gasteiger partial charge in [-0.1, -0.05) is 50.2 Å². The third kappa shape index (κ3) is 11.0. The molecule has 0 saturated carbocycles. The van der Waals surface area contributed by atoms with Crippen LogP contribution in [0.3, 0.4) is 0 Å². The molecule has 0 unspecified atom stereocenters. The second-order valence-corrected chi connectivity index (χ2v) is 13.5. The molecule has 0 radical (unpaired) electrons. The van der Waals surface area contributed by atoms with Crippen LogP contribution >= 0.6 is 0 Å². The van der Waals surface area contributed by atoms with Gasteiger partial charge in [0, 0.05) is 24.5 Å². The highest BCUT2D eigenvalue weighted by Crippen LogP contribution is 2.29. The molecule has 1 heterocycles. The molecular weight excluding hydrogens is 570 g/mol. The molecule has 1 aromatic heterocycles. The van der Waals surface area contributed by atoms with Crippen LogP contribution < -0.4 is 9.46 Å². The van der Waals surface area contributed by atoms with Crippen molar-refractivity contribution in [2.24, 2.45) is 5.92 Å². The molecule has 0 aliphatic carbocycles. The molecule has 43 heavy (non-hydrogen) atoms. The van der Waals surface area contributed by atoms with Crippen LogP contribution in [0.15, 0.2) is 67.0 Å². The van der Waals surface area contributed by atoms with E-state index in [9.17, 15) is 23.1 Å². The van der Waals surface area contributed by atoms with Crippen molar-refractivity contribution in [3.05, 3.63) is 83.7 Å². The number of aromatic nitrogens is 1. The number of ether oxygens (including phenoxy) is 2. The van der Waals surface area contributed by atoms with Gasteiger partial charge in [-0.2, -0.15) is 0 Å². The normalized spacial score (nSPS) is 12.5. The van der Waals surface area contributed by atoms with Gasteiger partial charge >= 0.3 is 6.09 Å². The van der Waals surface area contributed by atoms with E-state index in [0.29, 0.717) is 25.1 Å². The number of carbonyl (C=O) groups excluding carboxylic acids is 2. The molecule has 11 heteroatoms. The van der Waals surface area contributed by atoms with Gasteiger partial charge in [-0.25, -0.2) is 17.9 Å². The van der Waals surface area contributed by atoms with Crippen molar-refractivity contribution in [2.45, 2.75) is 52.7 Å². The average molecular weight is 612 g/mol. The lowest BCUT2D eigenvalue weighted by molar-refractivity contribution is 0.0146. The highest BCUT2D eigenvalue weighted by atomic mass is 32.2. The van der Waals surface area contributed by atoms with Crippen molar-refractivity contribution in [3.8, 4) is 16.9 Å². The Balaban J connectivity index is 1.77. The number of carbonyl (C=O) groups is 2. The van der Waals surface area contributed by atoms with Gasteiger partial charge in [0.15, 0.2) is 0 Å². The standard InChI is InChI=1S/C32H41N3O7S/c1-22(2)21-41-29-18-25(13-14-27(29)30(37)34-43(6,39)40)24-11-9-23(10-12-24)15-17-35(31(38)42-32(3,4)5)20-28(36)26-8-7-16-33-19-26/h7-14,16,18-19,22,28,36H,15,17,20-21H2,1-6H3,(H,34,37)/t28-/m0/s1. The van der Waals surface area contributed by atoms with E-state index in [1.807, 2.05) is 42.8 Å². The van der Waals surface area contributed by atoms with Crippen LogP contribution in [-0.4, -0.2) is 67.0 Å². The van der Waals surface area contributed by atoms with Crippen molar-refractivity contribution in [1.82, 2.24) is 14.6 Å². The molecule has 2 aromatic carbocycles. The van der Waals surface area contributed by atoms with Crippen LogP contribution in [-0.2, 0) is 21.2 Å².